The van der Waals surface area contributed by atoms with Crippen LogP contribution in [0.15, 0.2) is 72.8 Å². The largest absolute Gasteiger partial charge is 0.298 e. The smallest absolute Gasteiger partial charge is 0.150 e. The van der Waals surface area contributed by atoms with E-state index in [2.05, 4.69) is 0 Å². The van der Waals surface area contributed by atoms with Crippen LogP contribution in [0.3, 0.4) is 0 Å². The third kappa shape index (κ3) is 2.74. The quantitative estimate of drug-likeness (QED) is 0.584. The van der Waals surface area contributed by atoms with E-state index in [4.69, 9.17) is 11.6 Å². The number of hydrogen-bond donors (Lipinski definition) is 0. The molecule has 0 spiro atoms. The van der Waals surface area contributed by atoms with Crippen molar-refractivity contribution in [1.82, 2.24) is 0 Å². The average molecular weight is 293 g/mol. The van der Waals surface area contributed by atoms with E-state index in [-0.39, 0.29) is 0 Å². The Morgan fingerprint density at radius 2 is 1.43 bits per heavy atom. The Hall–Kier alpha value is -2.38. The van der Waals surface area contributed by atoms with E-state index < -0.39 is 0 Å². The molecule has 3 aromatic rings. The first-order valence-corrected chi connectivity index (χ1v) is 7.07. The van der Waals surface area contributed by atoms with Crippen molar-refractivity contribution < 1.29 is 4.79 Å². The number of rotatable bonds is 3. The van der Waals surface area contributed by atoms with Crippen LogP contribution in [0.1, 0.15) is 10.4 Å². The van der Waals surface area contributed by atoms with Gasteiger partial charge in [-0.05, 0) is 22.8 Å². The van der Waals surface area contributed by atoms with Crippen LogP contribution in [0.5, 0.6) is 0 Å². The number of hydrogen-bond acceptors (Lipinski definition) is 1. The van der Waals surface area contributed by atoms with Crippen molar-refractivity contribution in [3.8, 4) is 22.3 Å². The summed E-state index contributed by atoms with van der Waals surface area (Å²) >= 11 is 6.43. The van der Waals surface area contributed by atoms with E-state index >= 15 is 0 Å². The molecule has 0 aromatic heterocycles. The van der Waals surface area contributed by atoms with Crippen molar-refractivity contribution in [2.75, 3.05) is 0 Å². The van der Waals surface area contributed by atoms with Gasteiger partial charge in [-0.3, -0.25) is 4.79 Å². The van der Waals surface area contributed by atoms with Crippen molar-refractivity contribution in [2.24, 2.45) is 0 Å². The Kier molecular flexibility index (Phi) is 3.85. The zero-order valence-electron chi connectivity index (χ0n) is 11.3. The lowest BCUT2D eigenvalue weighted by atomic mass is 9.97. The maximum absolute atomic E-state index is 11.2. The second-order valence-corrected chi connectivity index (χ2v) is 5.17. The minimum Gasteiger partial charge on any atom is -0.298 e. The highest BCUT2D eigenvalue weighted by molar-refractivity contribution is 6.33. The summed E-state index contributed by atoms with van der Waals surface area (Å²) in [6.45, 7) is 0. The van der Waals surface area contributed by atoms with Crippen molar-refractivity contribution in [2.45, 2.75) is 0 Å². The fourth-order valence-electron chi connectivity index (χ4n) is 2.39. The predicted octanol–water partition coefficient (Wildman–Crippen LogP) is 5.49. The summed E-state index contributed by atoms with van der Waals surface area (Å²) in [5.41, 5.74) is 4.56. The van der Waals surface area contributed by atoms with Crippen LogP contribution in [0.2, 0.25) is 5.02 Å². The summed E-state index contributed by atoms with van der Waals surface area (Å²) in [7, 11) is 0. The number of carbonyl (C=O) groups is 1. The third-order valence-corrected chi connectivity index (χ3v) is 3.77. The van der Waals surface area contributed by atoms with Gasteiger partial charge in [-0.1, -0.05) is 78.3 Å². The molecule has 2 heteroatoms. The van der Waals surface area contributed by atoms with E-state index in [0.717, 1.165) is 28.5 Å². The summed E-state index contributed by atoms with van der Waals surface area (Å²) in [6.07, 6.45) is 0.858. The average Bonchev–Trinajstić information content (AvgIpc) is 2.55. The minimum absolute atomic E-state index is 0.644. The van der Waals surface area contributed by atoms with Crippen molar-refractivity contribution >= 4 is 17.9 Å². The molecule has 21 heavy (non-hydrogen) atoms. The van der Waals surface area contributed by atoms with Gasteiger partial charge < -0.3 is 0 Å². The lowest BCUT2D eigenvalue weighted by molar-refractivity contribution is 0.112. The number of aldehydes is 1. The molecule has 0 bridgehead atoms. The molecular weight excluding hydrogens is 280 g/mol. The molecule has 0 radical (unpaired) electrons. The zero-order valence-corrected chi connectivity index (χ0v) is 12.0. The van der Waals surface area contributed by atoms with E-state index in [0.29, 0.717) is 10.6 Å². The molecule has 0 aliphatic heterocycles. The van der Waals surface area contributed by atoms with Gasteiger partial charge in [0.1, 0.15) is 0 Å². The topological polar surface area (TPSA) is 17.1 Å². The van der Waals surface area contributed by atoms with Gasteiger partial charge >= 0.3 is 0 Å². The fraction of sp³-hybridized carbons (Fsp3) is 0. The van der Waals surface area contributed by atoms with Gasteiger partial charge in [0, 0.05) is 16.1 Å². The van der Waals surface area contributed by atoms with Gasteiger partial charge in [-0.25, -0.2) is 0 Å². The highest BCUT2D eigenvalue weighted by atomic mass is 35.5. The molecule has 0 heterocycles. The maximum atomic E-state index is 11.2. The lowest BCUT2D eigenvalue weighted by Gasteiger charge is -2.09. The first kappa shape index (κ1) is 13.6. The minimum atomic E-state index is 0.644. The van der Waals surface area contributed by atoms with Crippen LogP contribution < -0.4 is 0 Å². The normalized spacial score (nSPS) is 10.3. The molecule has 0 aliphatic carbocycles. The summed E-state index contributed by atoms with van der Waals surface area (Å²) in [5.74, 6) is 0. The Morgan fingerprint density at radius 3 is 2.14 bits per heavy atom. The Morgan fingerprint density at radius 1 is 0.714 bits per heavy atom. The van der Waals surface area contributed by atoms with Gasteiger partial charge in [-0.2, -0.15) is 0 Å². The van der Waals surface area contributed by atoms with Gasteiger partial charge in [0.15, 0.2) is 6.29 Å². The van der Waals surface area contributed by atoms with Crippen molar-refractivity contribution in [3.05, 3.63) is 83.4 Å². The Bertz CT molecular complexity index is 779. The first-order valence-electron chi connectivity index (χ1n) is 6.69. The van der Waals surface area contributed by atoms with Crippen LogP contribution in [0.25, 0.3) is 22.3 Å². The molecule has 0 saturated carbocycles. The monoisotopic (exact) mass is 292 g/mol. The number of halogens is 1. The molecule has 0 saturated heterocycles. The maximum Gasteiger partial charge on any atom is 0.150 e. The van der Waals surface area contributed by atoms with E-state index in [1.165, 1.54) is 0 Å². The predicted molar refractivity (Wildman–Crippen MR) is 87.7 cm³/mol. The van der Waals surface area contributed by atoms with Gasteiger partial charge in [0.25, 0.3) is 0 Å². The zero-order chi connectivity index (χ0) is 14.7. The van der Waals surface area contributed by atoms with E-state index in [1.807, 2.05) is 66.7 Å². The molecule has 0 amide bonds. The molecule has 0 fully saturated rings. The molecule has 1 nitrogen and oxygen atoms in total. The van der Waals surface area contributed by atoms with Crippen molar-refractivity contribution in [3.63, 3.8) is 0 Å². The van der Waals surface area contributed by atoms with Crippen molar-refractivity contribution in [1.29, 1.82) is 0 Å². The first-order chi connectivity index (χ1) is 10.3. The second kappa shape index (κ2) is 5.94. The fourth-order valence-corrected chi connectivity index (χ4v) is 2.67. The summed E-state index contributed by atoms with van der Waals surface area (Å²) in [5, 5.41) is 0.644. The van der Waals surface area contributed by atoms with Crippen LogP contribution in [0.4, 0.5) is 0 Å². The molecule has 0 N–H and O–H groups in total. The molecule has 0 unspecified atom stereocenters. The van der Waals surface area contributed by atoms with Gasteiger partial charge in [0.05, 0.1) is 0 Å². The highest BCUT2D eigenvalue weighted by Gasteiger charge is 2.09. The summed E-state index contributed by atoms with van der Waals surface area (Å²) in [6, 6.07) is 23.5. The van der Waals surface area contributed by atoms with E-state index in [1.54, 1.807) is 6.07 Å². The van der Waals surface area contributed by atoms with Crippen LogP contribution in [0, 0.1) is 0 Å². The second-order valence-electron chi connectivity index (χ2n) is 4.77. The number of benzene rings is 3. The van der Waals surface area contributed by atoms with Crippen LogP contribution >= 0.6 is 11.6 Å². The standard InChI is InChI=1S/C19H13ClO/c20-19-12-15(14-6-2-1-3-7-14)10-11-18(19)17-9-5-4-8-16(17)13-21/h1-13H. The molecular formula is C19H13ClO. The third-order valence-electron chi connectivity index (χ3n) is 3.45. The Labute approximate surface area is 128 Å². The molecule has 0 aliphatic rings. The molecule has 102 valence electrons. The van der Waals surface area contributed by atoms with Gasteiger partial charge in [0.2, 0.25) is 0 Å². The van der Waals surface area contributed by atoms with Gasteiger partial charge in [-0.15, -0.1) is 0 Å². The SMILES string of the molecule is O=Cc1ccccc1-c1ccc(-c2ccccc2)cc1Cl. The number of carbonyl (C=O) groups excluding carboxylic acids is 1. The molecule has 3 rings (SSSR count). The van der Waals surface area contributed by atoms with E-state index in [9.17, 15) is 4.79 Å². The summed E-state index contributed by atoms with van der Waals surface area (Å²) in [4.78, 5) is 11.2. The molecule has 3 aromatic carbocycles. The summed E-state index contributed by atoms with van der Waals surface area (Å²) < 4.78 is 0. The van der Waals surface area contributed by atoms with Crippen LogP contribution in [-0.2, 0) is 0 Å². The highest BCUT2D eigenvalue weighted by Crippen LogP contribution is 2.33. The molecule has 0 atom stereocenters. The lowest BCUT2D eigenvalue weighted by Crippen LogP contribution is -1.88. The van der Waals surface area contributed by atoms with Crippen LogP contribution in [-0.4, -0.2) is 6.29 Å². The Balaban J connectivity index is 2.09.